The number of hydrogen-bond acceptors (Lipinski definition) is 2. The van der Waals surface area contributed by atoms with Crippen LogP contribution in [0, 0.1) is 6.17 Å². The standard InChI is InChI=1S/C6H8F3S2.6FH.Sb/c1-10-3-4(7)6(8,9)5(3)11-2;;;;;;;/h3,5H,1-2H3;6*1H;/q+1;;;;;;;+5/p-6. The van der Waals surface area contributed by atoms with Crippen molar-refractivity contribution in [1.29, 1.82) is 0 Å². The fourth-order valence-corrected chi connectivity index (χ4v) is 3.28. The van der Waals surface area contributed by atoms with Crippen LogP contribution in [-0.2, 0) is 0 Å². The summed E-state index contributed by atoms with van der Waals surface area (Å²) in [4.78, 5) is 0. The SMILES string of the molecule is CSC1[C+](F)C(F)(F)C1SC.[F][Sb-]([F])([F])([F])([F])[F]. The molecule has 0 aromatic rings. The van der Waals surface area contributed by atoms with Gasteiger partial charge in [0.2, 0.25) is 5.25 Å². The van der Waals surface area contributed by atoms with Crippen LogP contribution in [0.5, 0.6) is 0 Å². The summed E-state index contributed by atoms with van der Waals surface area (Å²) in [5.41, 5.74) is 0. The fourth-order valence-electron chi connectivity index (χ4n) is 1.05. The van der Waals surface area contributed by atoms with Gasteiger partial charge in [-0.1, -0.05) is 0 Å². The summed E-state index contributed by atoms with van der Waals surface area (Å²) in [5.74, 6) is -3.19. The van der Waals surface area contributed by atoms with E-state index in [2.05, 4.69) is 0 Å². The third-order valence-corrected chi connectivity index (χ3v) is 3.94. The van der Waals surface area contributed by atoms with E-state index >= 15 is 0 Å². The van der Waals surface area contributed by atoms with Gasteiger partial charge in [-0.25, -0.2) is 0 Å². The van der Waals surface area contributed by atoms with Crippen LogP contribution < -0.4 is 0 Å². The quantitative estimate of drug-likeness (QED) is 0.348. The molecule has 0 N–H and O–H groups in total. The summed E-state index contributed by atoms with van der Waals surface area (Å²) in [6.07, 6.45) is 2.06. The first-order chi connectivity index (χ1) is 7.50. The minimum atomic E-state index is -11.2. The first-order valence-corrected chi connectivity index (χ1v) is 12.4. The second-order valence-corrected chi connectivity index (χ2v) is 10.7. The molecule has 0 nitrogen and oxygen atoms in total. The summed E-state index contributed by atoms with van der Waals surface area (Å²) in [6.45, 7) is 0. The van der Waals surface area contributed by atoms with E-state index in [0.29, 0.717) is 0 Å². The molecule has 12 heteroatoms. The van der Waals surface area contributed by atoms with Crippen LogP contribution in [0.3, 0.4) is 0 Å². The zero-order valence-electron chi connectivity index (χ0n) is 8.82. The van der Waals surface area contributed by atoms with E-state index in [1.807, 2.05) is 0 Å². The van der Waals surface area contributed by atoms with Gasteiger partial charge in [0.25, 0.3) is 0 Å². The molecule has 1 fully saturated rings. The monoisotopic (exact) mass is 436 g/mol. The predicted octanol–water partition coefficient (Wildman–Crippen LogP) is 4.74. The van der Waals surface area contributed by atoms with Crippen molar-refractivity contribution >= 4 is 43.0 Å². The molecule has 0 saturated heterocycles. The number of rotatable bonds is 2. The maximum atomic E-state index is 12.6. The molecule has 0 radical (unpaired) electrons. The number of halogens is 9. The molecule has 1 aliphatic carbocycles. The molecule has 0 spiro atoms. The summed E-state index contributed by atoms with van der Waals surface area (Å²) in [7, 11) is 0. The summed E-state index contributed by atoms with van der Waals surface area (Å²) >= 11 is -9.08. The molecule has 18 heavy (non-hydrogen) atoms. The fraction of sp³-hybridized carbons (Fsp3) is 0.833. The molecule has 0 aliphatic heterocycles. The molecule has 0 amide bonds. The van der Waals surface area contributed by atoms with Gasteiger partial charge in [-0.3, -0.25) is 0 Å². The minimum absolute atomic E-state index is 0.611. The van der Waals surface area contributed by atoms with Gasteiger partial charge in [0.05, 0.1) is 0 Å². The Balaban J connectivity index is 0.000000360. The van der Waals surface area contributed by atoms with E-state index in [0.717, 1.165) is 23.5 Å². The number of hydrogen-bond donors (Lipinski definition) is 0. The Morgan fingerprint density at radius 3 is 1.44 bits per heavy atom. The molecule has 0 heterocycles. The second-order valence-electron chi connectivity index (χ2n) is 3.24. The van der Waals surface area contributed by atoms with Crippen LogP contribution in [0.15, 0.2) is 0 Å². The summed E-state index contributed by atoms with van der Waals surface area (Å²) in [6, 6.07) is 0. The average Bonchev–Trinajstić information content (AvgIpc) is 2.07. The van der Waals surface area contributed by atoms with E-state index < -0.39 is 42.1 Å². The van der Waals surface area contributed by atoms with E-state index in [1.165, 1.54) is 0 Å². The van der Waals surface area contributed by atoms with Crippen LogP contribution in [0.1, 0.15) is 0 Å². The van der Waals surface area contributed by atoms with Gasteiger partial charge in [-0.2, -0.15) is 8.78 Å². The zero-order valence-corrected chi connectivity index (χ0v) is 13.0. The van der Waals surface area contributed by atoms with Gasteiger partial charge in [0.15, 0.2) is 5.25 Å². The molecule has 1 saturated carbocycles. The molecule has 0 aromatic heterocycles. The molecule has 0 bridgehead atoms. The van der Waals surface area contributed by atoms with Crippen molar-refractivity contribution in [1.82, 2.24) is 0 Å². The Morgan fingerprint density at radius 1 is 0.944 bits per heavy atom. The van der Waals surface area contributed by atoms with Gasteiger partial charge in [-0.15, -0.1) is 23.5 Å². The number of alkyl halides is 2. The van der Waals surface area contributed by atoms with Gasteiger partial charge < -0.3 is 0 Å². The molecule has 1 rings (SSSR count). The second kappa shape index (κ2) is 4.65. The third-order valence-electron chi connectivity index (χ3n) is 1.71. The Morgan fingerprint density at radius 2 is 1.28 bits per heavy atom. The van der Waals surface area contributed by atoms with Crippen LogP contribution in [0.4, 0.5) is 30.0 Å². The van der Waals surface area contributed by atoms with Crippen molar-refractivity contribution in [3.05, 3.63) is 6.17 Å². The Bertz CT molecular complexity index is 286. The van der Waals surface area contributed by atoms with Gasteiger partial charge >= 0.3 is 48.4 Å². The number of thioether (sulfide) groups is 2. The maximum absolute atomic E-state index is 12.6. The molecule has 2 unspecified atom stereocenters. The van der Waals surface area contributed by atoms with Crippen molar-refractivity contribution in [3.63, 3.8) is 0 Å². The van der Waals surface area contributed by atoms with E-state index in [1.54, 1.807) is 12.5 Å². The van der Waals surface area contributed by atoms with Crippen molar-refractivity contribution in [2.75, 3.05) is 12.5 Å². The summed E-state index contributed by atoms with van der Waals surface area (Å²) < 4.78 is 97.3. The molecule has 0 aromatic carbocycles. The topological polar surface area (TPSA) is 0 Å². The Labute approximate surface area is 108 Å². The van der Waals surface area contributed by atoms with Crippen LogP contribution in [-0.4, -0.2) is 48.4 Å². The van der Waals surface area contributed by atoms with Crippen molar-refractivity contribution in [2.45, 2.75) is 16.4 Å². The molecular weight excluding hydrogens is 429 g/mol. The predicted molar refractivity (Wildman–Crippen MR) is 56.3 cm³/mol. The van der Waals surface area contributed by atoms with E-state index in [4.69, 9.17) is 0 Å². The van der Waals surface area contributed by atoms with Crippen molar-refractivity contribution in [2.24, 2.45) is 0 Å². The van der Waals surface area contributed by atoms with Crippen LogP contribution in [0.25, 0.3) is 0 Å². The summed E-state index contributed by atoms with van der Waals surface area (Å²) in [5, 5.41) is -1.49. The molecule has 112 valence electrons. The van der Waals surface area contributed by atoms with Gasteiger partial charge in [0, 0.05) is 4.39 Å². The van der Waals surface area contributed by atoms with E-state index in [-0.39, 0.29) is 0 Å². The average molecular weight is 437 g/mol. The normalized spacial score (nSPS) is 30.5. The third kappa shape index (κ3) is 6.79. The van der Waals surface area contributed by atoms with Gasteiger partial charge in [0.1, 0.15) is 0 Å². The Hall–Kier alpha value is 0.758. The molecule has 1 aliphatic rings. The zero-order chi connectivity index (χ0) is 15.1. The molecular formula is C6H8F9S2Sb. The first kappa shape index (κ1) is 18.8. The van der Waals surface area contributed by atoms with Crippen LogP contribution in [0.2, 0.25) is 0 Å². The van der Waals surface area contributed by atoms with Crippen molar-refractivity contribution in [3.8, 4) is 0 Å². The van der Waals surface area contributed by atoms with Crippen LogP contribution >= 0.6 is 23.5 Å². The van der Waals surface area contributed by atoms with Crippen molar-refractivity contribution < 1.29 is 30.0 Å². The first-order valence-electron chi connectivity index (χ1n) is 4.03. The van der Waals surface area contributed by atoms with E-state index in [9.17, 15) is 30.0 Å². The van der Waals surface area contributed by atoms with Gasteiger partial charge in [-0.05, 0) is 12.5 Å². The molecule has 2 atom stereocenters. The Kier molecular flexibility index (Phi) is 4.84.